The fourth-order valence-electron chi connectivity index (χ4n) is 3.74. The van der Waals surface area contributed by atoms with E-state index < -0.39 is 0 Å². The number of hydrogen-bond donors (Lipinski definition) is 1. The molecule has 1 unspecified atom stereocenters. The van der Waals surface area contributed by atoms with Gasteiger partial charge in [0, 0.05) is 23.6 Å². The molecule has 0 spiro atoms. The van der Waals surface area contributed by atoms with Crippen LogP contribution in [-0.2, 0) is 0 Å². The zero-order valence-electron chi connectivity index (χ0n) is 16.2. The monoisotopic (exact) mass is 415 g/mol. The van der Waals surface area contributed by atoms with E-state index >= 15 is 0 Å². The number of halogens is 1. The van der Waals surface area contributed by atoms with Crippen LogP contribution in [0.4, 0.5) is 5.82 Å². The summed E-state index contributed by atoms with van der Waals surface area (Å²) in [4.78, 5) is 17.8. The van der Waals surface area contributed by atoms with Crippen molar-refractivity contribution in [1.29, 1.82) is 0 Å². The maximum Gasteiger partial charge on any atom is 0.264 e. The van der Waals surface area contributed by atoms with Crippen molar-refractivity contribution in [2.24, 2.45) is 0 Å². The van der Waals surface area contributed by atoms with Crippen LogP contribution in [0, 0.1) is 0 Å². The Labute approximate surface area is 177 Å². The fourth-order valence-corrected chi connectivity index (χ4v) is 4.00. The summed E-state index contributed by atoms with van der Waals surface area (Å²) < 4.78 is 3.45. The van der Waals surface area contributed by atoms with Gasteiger partial charge in [-0.25, -0.2) is 4.98 Å². The van der Waals surface area contributed by atoms with E-state index in [1.165, 1.54) is 0 Å². The molecule has 1 N–H and O–H groups in total. The summed E-state index contributed by atoms with van der Waals surface area (Å²) in [5, 5.41) is 9.57. The number of nitrogens with one attached hydrogen (secondary N) is 1. The number of benzene rings is 2. The standard InChI is InChI=1S/C23H18ClN5O/c1-15(27-21-10-12-25-20-11-13-26-29(20)21)19-14-16-6-5-9-18(24)22(16)23(30)28(19)17-7-3-2-4-8-17/h2-15,27H,1H3. The smallest absolute Gasteiger partial charge is 0.264 e. The van der Waals surface area contributed by atoms with Gasteiger partial charge in [-0.2, -0.15) is 9.61 Å². The lowest BCUT2D eigenvalue weighted by Crippen LogP contribution is -2.26. The van der Waals surface area contributed by atoms with Gasteiger partial charge in [0.2, 0.25) is 0 Å². The van der Waals surface area contributed by atoms with Crippen molar-refractivity contribution >= 4 is 33.8 Å². The molecule has 7 heteroatoms. The van der Waals surface area contributed by atoms with Gasteiger partial charge < -0.3 is 5.32 Å². The number of fused-ring (bicyclic) bond motifs is 2. The molecule has 0 saturated heterocycles. The molecule has 0 aliphatic heterocycles. The summed E-state index contributed by atoms with van der Waals surface area (Å²) in [7, 11) is 0. The topological polar surface area (TPSA) is 64.2 Å². The minimum atomic E-state index is -0.198. The molecule has 0 radical (unpaired) electrons. The van der Waals surface area contributed by atoms with Crippen LogP contribution in [0.1, 0.15) is 18.7 Å². The molecule has 5 rings (SSSR count). The van der Waals surface area contributed by atoms with E-state index in [9.17, 15) is 4.79 Å². The lowest BCUT2D eigenvalue weighted by atomic mass is 10.1. The average Bonchev–Trinajstić information content (AvgIpc) is 3.24. The van der Waals surface area contributed by atoms with Crippen LogP contribution < -0.4 is 10.9 Å². The second-order valence-electron chi connectivity index (χ2n) is 7.05. The summed E-state index contributed by atoms with van der Waals surface area (Å²) in [5.74, 6) is 0.788. The number of hydrogen-bond acceptors (Lipinski definition) is 4. The first-order chi connectivity index (χ1) is 14.6. The summed E-state index contributed by atoms with van der Waals surface area (Å²) in [6, 6.07) is 20.6. The number of para-hydroxylation sites is 1. The number of nitrogens with zero attached hydrogens (tertiary/aromatic N) is 4. The normalized spacial score (nSPS) is 12.3. The van der Waals surface area contributed by atoms with E-state index in [1.807, 2.05) is 67.6 Å². The van der Waals surface area contributed by atoms with Crippen molar-refractivity contribution in [3.8, 4) is 5.69 Å². The Hall–Kier alpha value is -3.64. The zero-order chi connectivity index (χ0) is 20.7. The van der Waals surface area contributed by atoms with Gasteiger partial charge in [0.15, 0.2) is 5.65 Å². The third-order valence-corrected chi connectivity index (χ3v) is 5.45. The van der Waals surface area contributed by atoms with Gasteiger partial charge in [-0.05, 0) is 42.6 Å². The SMILES string of the molecule is CC(Nc1ccnc2ccnn12)c1cc2cccc(Cl)c2c(=O)n1-c1ccccc1. The second-order valence-corrected chi connectivity index (χ2v) is 7.45. The Kier molecular flexibility index (Phi) is 4.48. The van der Waals surface area contributed by atoms with Crippen LogP contribution >= 0.6 is 11.6 Å². The predicted molar refractivity (Wildman–Crippen MR) is 120 cm³/mol. The highest BCUT2D eigenvalue weighted by Crippen LogP contribution is 2.27. The molecule has 3 aromatic heterocycles. The molecule has 5 aromatic rings. The van der Waals surface area contributed by atoms with Crippen molar-refractivity contribution in [3.63, 3.8) is 0 Å². The first-order valence-electron chi connectivity index (χ1n) is 9.58. The van der Waals surface area contributed by atoms with Crippen LogP contribution in [0.2, 0.25) is 5.02 Å². The van der Waals surface area contributed by atoms with E-state index in [4.69, 9.17) is 11.6 Å². The maximum atomic E-state index is 13.5. The second kappa shape index (κ2) is 7.31. The van der Waals surface area contributed by atoms with E-state index in [2.05, 4.69) is 15.4 Å². The van der Waals surface area contributed by atoms with Crippen molar-refractivity contribution in [2.75, 3.05) is 5.32 Å². The molecule has 0 amide bonds. The van der Waals surface area contributed by atoms with Crippen molar-refractivity contribution in [2.45, 2.75) is 13.0 Å². The highest BCUT2D eigenvalue weighted by atomic mass is 35.5. The van der Waals surface area contributed by atoms with Gasteiger partial charge in [-0.1, -0.05) is 41.9 Å². The Bertz CT molecular complexity index is 1420. The number of pyridine rings is 1. The van der Waals surface area contributed by atoms with Crippen LogP contribution in [0.15, 0.2) is 83.9 Å². The molecular weight excluding hydrogens is 398 g/mol. The van der Waals surface area contributed by atoms with Crippen molar-refractivity contribution in [1.82, 2.24) is 19.2 Å². The summed E-state index contributed by atoms with van der Waals surface area (Å²) in [6.45, 7) is 2.01. The van der Waals surface area contributed by atoms with Crippen molar-refractivity contribution in [3.05, 3.63) is 100 Å². The molecule has 148 valence electrons. The van der Waals surface area contributed by atoms with E-state index in [1.54, 1.807) is 27.5 Å². The molecule has 1 atom stereocenters. The number of anilines is 1. The quantitative estimate of drug-likeness (QED) is 0.455. The van der Waals surface area contributed by atoms with Gasteiger partial charge in [0.25, 0.3) is 5.56 Å². The molecule has 0 aliphatic rings. The highest BCUT2D eigenvalue weighted by Gasteiger charge is 2.18. The maximum absolute atomic E-state index is 13.5. The molecule has 30 heavy (non-hydrogen) atoms. The molecule has 2 aromatic carbocycles. The first-order valence-corrected chi connectivity index (χ1v) is 9.96. The van der Waals surface area contributed by atoms with Gasteiger partial charge >= 0.3 is 0 Å². The molecule has 6 nitrogen and oxygen atoms in total. The Balaban J connectivity index is 1.71. The van der Waals surface area contributed by atoms with Crippen LogP contribution in [0.3, 0.4) is 0 Å². The Morgan fingerprint density at radius 3 is 2.67 bits per heavy atom. The lowest BCUT2D eigenvalue weighted by molar-refractivity contribution is 0.763. The molecule has 0 bridgehead atoms. The van der Waals surface area contributed by atoms with Gasteiger partial charge in [0.1, 0.15) is 5.82 Å². The predicted octanol–water partition coefficient (Wildman–Crippen LogP) is 4.86. The van der Waals surface area contributed by atoms with Gasteiger partial charge in [-0.15, -0.1) is 0 Å². The third kappa shape index (κ3) is 3.02. The van der Waals surface area contributed by atoms with Gasteiger partial charge in [-0.3, -0.25) is 9.36 Å². The Morgan fingerprint density at radius 1 is 1.00 bits per heavy atom. The van der Waals surface area contributed by atoms with Crippen LogP contribution in [-0.4, -0.2) is 19.2 Å². The minimum Gasteiger partial charge on any atom is -0.362 e. The average molecular weight is 416 g/mol. The summed E-state index contributed by atoms with van der Waals surface area (Å²) in [5.41, 5.74) is 2.20. The van der Waals surface area contributed by atoms with Crippen LogP contribution in [0.25, 0.3) is 22.1 Å². The molecule has 0 aliphatic carbocycles. The highest BCUT2D eigenvalue weighted by molar-refractivity contribution is 6.35. The number of rotatable bonds is 4. The van der Waals surface area contributed by atoms with Crippen LogP contribution in [0.5, 0.6) is 0 Å². The molecule has 3 heterocycles. The zero-order valence-corrected chi connectivity index (χ0v) is 16.9. The molecular formula is C23H18ClN5O. The number of aromatic nitrogens is 4. The van der Waals surface area contributed by atoms with Gasteiger partial charge in [0.05, 0.1) is 22.6 Å². The minimum absolute atomic E-state index is 0.146. The third-order valence-electron chi connectivity index (χ3n) is 5.14. The van der Waals surface area contributed by atoms with E-state index in [-0.39, 0.29) is 11.6 Å². The van der Waals surface area contributed by atoms with E-state index in [0.717, 1.165) is 28.2 Å². The largest absolute Gasteiger partial charge is 0.362 e. The summed E-state index contributed by atoms with van der Waals surface area (Å²) in [6.07, 6.45) is 3.44. The lowest BCUT2D eigenvalue weighted by Gasteiger charge is -2.22. The van der Waals surface area contributed by atoms with E-state index in [0.29, 0.717) is 10.4 Å². The fraction of sp³-hybridized carbons (Fsp3) is 0.0870. The summed E-state index contributed by atoms with van der Waals surface area (Å²) >= 11 is 6.39. The van der Waals surface area contributed by atoms with Crippen molar-refractivity contribution < 1.29 is 0 Å². The molecule has 0 saturated carbocycles. The Morgan fingerprint density at radius 2 is 1.83 bits per heavy atom. The first kappa shape index (κ1) is 18.4. The molecule has 0 fully saturated rings.